The van der Waals surface area contributed by atoms with Crippen LogP contribution in [-0.2, 0) is 4.74 Å². The number of rotatable bonds is 3. The van der Waals surface area contributed by atoms with Gasteiger partial charge < -0.3 is 15.0 Å². The van der Waals surface area contributed by atoms with E-state index in [9.17, 15) is 0 Å². The molecule has 3 nitrogen and oxygen atoms in total. The topological polar surface area (TPSA) is 24.5 Å². The average Bonchev–Trinajstić information content (AvgIpc) is 2.37. The molecule has 0 aliphatic carbocycles. The van der Waals surface area contributed by atoms with Gasteiger partial charge in [0, 0.05) is 22.7 Å². The van der Waals surface area contributed by atoms with Crippen LogP contribution >= 0.6 is 15.9 Å². The van der Waals surface area contributed by atoms with Crippen molar-refractivity contribution in [2.24, 2.45) is 0 Å². The molecule has 0 amide bonds. The van der Waals surface area contributed by atoms with Gasteiger partial charge >= 0.3 is 0 Å². The predicted octanol–water partition coefficient (Wildman–Crippen LogP) is 3.34. The first kappa shape index (κ1) is 14.8. The molecule has 1 N–H and O–H groups in total. The van der Waals surface area contributed by atoms with Crippen molar-refractivity contribution >= 4 is 21.6 Å². The maximum Gasteiger partial charge on any atom is 0.0694 e. The van der Waals surface area contributed by atoms with E-state index >= 15 is 0 Å². The lowest BCUT2D eigenvalue weighted by molar-refractivity contribution is 0.0644. The molecule has 1 aliphatic heterocycles. The van der Waals surface area contributed by atoms with Crippen molar-refractivity contribution in [1.29, 1.82) is 0 Å². The largest absolute Gasteiger partial charge is 0.377 e. The van der Waals surface area contributed by atoms with Crippen LogP contribution in [-0.4, -0.2) is 32.3 Å². The molecule has 0 bridgehead atoms. The van der Waals surface area contributed by atoms with E-state index in [2.05, 4.69) is 65.1 Å². The molecule has 1 aliphatic rings. The minimum absolute atomic E-state index is 0.0494. The van der Waals surface area contributed by atoms with Gasteiger partial charge in [0.25, 0.3) is 0 Å². The Kier molecular flexibility index (Phi) is 4.54. The standard InChI is InChI=1S/C15H23BrN2O/c1-11(17-4)13-6-5-12(9-14(13)16)18-7-8-19-10-15(18,2)3/h5-6,9,11,17H,7-8,10H2,1-4H3. The average molecular weight is 327 g/mol. The number of benzene rings is 1. The van der Waals surface area contributed by atoms with Crippen LogP contribution in [0.25, 0.3) is 0 Å². The molecule has 2 rings (SSSR count). The van der Waals surface area contributed by atoms with Crippen LogP contribution in [0, 0.1) is 0 Å². The molecule has 0 saturated carbocycles. The van der Waals surface area contributed by atoms with Crippen molar-refractivity contribution in [3.05, 3.63) is 28.2 Å². The lowest BCUT2D eigenvalue weighted by Crippen LogP contribution is -2.53. The molecule has 0 aromatic heterocycles. The highest BCUT2D eigenvalue weighted by Crippen LogP contribution is 2.32. The summed E-state index contributed by atoms with van der Waals surface area (Å²) in [6.07, 6.45) is 0. The van der Waals surface area contributed by atoms with Crippen molar-refractivity contribution in [2.75, 3.05) is 31.7 Å². The van der Waals surface area contributed by atoms with E-state index in [0.717, 1.165) is 24.2 Å². The Hall–Kier alpha value is -0.580. The fraction of sp³-hybridized carbons (Fsp3) is 0.600. The predicted molar refractivity (Wildman–Crippen MR) is 83.9 cm³/mol. The van der Waals surface area contributed by atoms with Gasteiger partial charge in [-0.05, 0) is 45.5 Å². The molecule has 0 radical (unpaired) electrons. The van der Waals surface area contributed by atoms with E-state index in [4.69, 9.17) is 4.74 Å². The van der Waals surface area contributed by atoms with Gasteiger partial charge in [-0.25, -0.2) is 0 Å². The zero-order valence-corrected chi connectivity index (χ0v) is 13.8. The van der Waals surface area contributed by atoms with Crippen LogP contribution in [0.5, 0.6) is 0 Å². The number of anilines is 1. The fourth-order valence-corrected chi connectivity index (χ4v) is 3.24. The second-order valence-corrected chi connectivity index (χ2v) is 6.59. The van der Waals surface area contributed by atoms with E-state index in [0.29, 0.717) is 6.04 Å². The van der Waals surface area contributed by atoms with E-state index in [1.807, 2.05) is 7.05 Å². The summed E-state index contributed by atoms with van der Waals surface area (Å²) in [6.45, 7) is 9.14. The summed E-state index contributed by atoms with van der Waals surface area (Å²) in [6, 6.07) is 6.98. The smallest absolute Gasteiger partial charge is 0.0694 e. The molecular weight excluding hydrogens is 304 g/mol. The molecule has 1 aromatic rings. The third-order valence-electron chi connectivity index (χ3n) is 3.84. The van der Waals surface area contributed by atoms with Gasteiger partial charge in [0.05, 0.1) is 18.8 Å². The molecule has 1 atom stereocenters. The van der Waals surface area contributed by atoms with E-state index in [-0.39, 0.29) is 5.54 Å². The molecule has 1 fully saturated rings. The molecule has 0 spiro atoms. The molecule has 4 heteroatoms. The van der Waals surface area contributed by atoms with Crippen molar-refractivity contribution in [3.8, 4) is 0 Å². The van der Waals surface area contributed by atoms with Crippen molar-refractivity contribution in [3.63, 3.8) is 0 Å². The molecule has 1 heterocycles. The van der Waals surface area contributed by atoms with Crippen LogP contribution in [0.1, 0.15) is 32.4 Å². The highest BCUT2D eigenvalue weighted by molar-refractivity contribution is 9.10. The molecule has 1 aromatic carbocycles. The number of ether oxygens (including phenoxy) is 1. The Morgan fingerprint density at radius 2 is 2.16 bits per heavy atom. The monoisotopic (exact) mass is 326 g/mol. The minimum atomic E-state index is 0.0494. The first-order valence-corrected chi connectivity index (χ1v) is 7.57. The first-order chi connectivity index (χ1) is 8.95. The maximum absolute atomic E-state index is 5.58. The Balaban J connectivity index is 2.28. The number of nitrogens with zero attached hydrogens (tertiary/aromatic N) is 1. The summed E-state index contributed by atoms with van der Waals surface area (Å²) >= 11 is 3.69. The number of hydrogen-bond acceptors (Lipinski definition) is 3. The third-order valence-corrected chi connectivity index (χ3v) is 4.53. The summed E-state index contributed by atoms with van der Waals surface area (Å²) in [5.74, 6) is 0. The molecular formula is C15H23BrN2O. The van der Waals surface area contributed by atoms with Gasteiger partial charge in [-0.1, -0.05) is 22.0 Å². The Morgan fingerprint density at radius 3 is 2.74 bits per heavy atom. The first-order valence-electron chi connectivity index (χ1n) is 6.78. The van der Waals surface area contributed by atoms with E-state index < -0.39 is 0 Å². The van der Waals surface area contributed by atoms with Gasteiger partial charge in [0.2, 0.25) is 0 Å². The van der Waals surface area contributed by atoms with Gasteiger partial charge in [-0.2, -0.15) is 0 Å². The maximum atomic E-state index is 5.58. The van der Waals surface area contributed by atoms with Crippen molar-refractivity contribution < 1.29 is 4.74 Å². The fourth-order valence-electron chi connectivity index (χ4n) is 2.53. The molecule has 1 unspecified atom stereocenters. The summed E-state index contributed by atoms with van der Waals surface area (Å²) in [5.41, 5.74) is 2.60. The summed E-state index contributed by atoms with van der Waals surface area (Å²) in [5, 5.41) is 3.27. The number of halogens is 1. The van der Waals surface area contributed by atoms with Gasteiger partial charge in [-0.3, -0.25) is 0 Å². The Labute approximate surface area is 124 Å². The molecule has 19 heavy (non-hydrogen) atoms. The molecule has 1 saturated heterocycles. The van der Waals surface area contributed by atoms with Crippen LogP contribution < -0.4 is 10.2 Å². The van der Waals surface area contributed by atoms with Gasteiger partial charge in [0.1, 0.15) is 0 Å². The second-order valence-electron chi connectivity index (χ2n) is 5.73. The van der Waals surface area contributed by atoms with Gasteiger partial charge in [0.15, 0.2) is 0 Å². The van der Waals surface area contributed by atoms with Crippen LogP contribution in [0.15, 0.2) is 22.7 Å². The summed E-state index contributed by atoms with van der Waals surface area (Å²) in [4.78, 5) is 2.43. The summed E-state index contributed by atoms with van der Waals surface area (Å²) in [7, 11) is 1.98. The lowest BCUT2D eigenvalue weighted by Gasteiger charge is -2.44. The normalized spacial score (nSPS) is 20.4. The second kappa shape index (κ2) is 5.81. The minimum Gasteiger partial charge on any atom is -0.377 e. The highest BCUT2D eigenvalue weighted by Gasteiger charge is 2.30. The summed E-state index contributed by atoms with van der Waals surface area (Å²) < 4.78 is 6.74. The van der Waals surface area contributed by atoms with Crippen molar-refractivity contribution in [2.45, 2.75) is 32.4 Å². The zero-order chi connectivity index (χ0) is 14.0. The highest BCUT2D eigenvalue weighted by atomic mass is 79.9. The SMILES string of the molecule is CNC(C)c1ccc(N2CCOCC2(C)C)cc1Br. The van der Waals surface area contributed by atoms with Crippen LogP contribution in [0.3, 0.4) is 0 Å². The van der Waals surface area contributed by atoms with Crippen LogP contribution in [0.4, 0.5) is 5.69 Å². The number of hydrogen-bond donors (Lipinski definition) is 1. The molecule has 106 valence electrons. The number of nitrogens with one attached hydrogen (secondary N) is 1. The van der Waals surface area contributed by atoms with Crippen molar-refractivity contribution in [1.82, 2.24) is 5.32 Å². The lowest BCUT2D eigenvalue weighted by atomic mass is 10.0. The Morgan fingerprint density at radius 1 is 1.42 bits per heavy atom. The third kappa shape index (κ3) is 3.12. The zero-order valence-electron chi connectivity index (χ0n) is 12.2. The van der Waals surface area contributed by atoms with E-state index in [1.165, 1.54) is 11.3 Å². The quantitative estimate of drug-likeness (QED) is 0.921. The van der Waals surface area contributed by atoms with Gasteiger partial charge in [-0.15, -0.1) is 0 Å². The van der Waals surface area contributed by atoms with E-state index in [1.54, 1.807) is 0 Å². The number of morpholine rings is 1. The Bertz CT molecular complexity index is 448. The van der Waals surface area contributed by atoms with Crippen LogP contribution in [0.2, 0.25) is 0 Å².